The van der Waals surface area contributed by atoms with Crippen LogP contribution < -0.4 is 0 Å². The van der Waals surface area contributed by atoms with E-state index in [1.54, 1.807) is 10.6 Å². The van der Waals surface area contributed by atoms with Crippen molar-refractivity contribution in [3.63, 3.8) is 0 Å². The maximum Gasteiger partial charge on any atom is 0.246 e. The molecule has 4 aliphatic carbocycles. The summed E-state index contributed by atoms with van der Waals surface area (Å²) in [7, 11) is 0. The number of fused-ring (bicyclic) bond motifs is 6. The molecule has 2 heterocycles. The van der Waals surface area contributed by atoms with Crippen molar-refractivity contribution in [3.05, 3.63) is 24.3 Å². The smallest absolute Gasteiger partial charge is 0.246 e. The maximum absolute atomic E-state index is 13.3. The van der Waals surface area contributed by atoms with Crippen LogP contribution in [0.1, 0.15) is 85.0 Å². The number of hydroxylamine groups is 2. The predicted molar refractivity (Wildman–Crippen MR) is 146 cm³/mol. The Bertz CT molecular complexity index is 933. The molecule has 1 N–H and O–H groups in total. The van der Waals surface area contributed by atoms with Gasteiger partial charge in [0.05, 0.1) is 18.8 Å². The monoisotopic (exact) mass is 510 g/mol. The van der Waals surface area contributed by atoms with Crippen molar-refractivity contribution in [2.75, 3.05) is 26.2 Å². The zero-order chi connectivity index (χ0) is 25.9. The molecule has 3 saturated carbocycles. The molecule has 37 heavy (non-hydrogen) atoms. The molecule has 2 saturated heterocycles. The lowest BCUT2D eigenvalue weighted by Gasteiger charge is -2.58. The Balaban J connectivity index is 1.08. The molecule has 0 aromatic carbocycles. The summed E-state index contributed by atoms with van der Waals surface area (Å²) in [6.45, 7) is 14.9. The first-order chi connectivity index (χ1) is 17.7. The van der Waals surface area contributed by atoms with E-state index in [0.29, 0.717) is 35.7 Å². The van der Waals surface area contributed by atoms with Crippen LogP contribution in [0.25, 0.3) is 0 Å². The van der Waals surface area contributed by atoms with Gasteiger partial charge in [-0.05, 0) is 98.2 Å². The van der Waals surface area contributed by atoms with Gasteiger partial charge in [0.2, 0.25) is 5.91 Å². The Morgan fingerprint density at radius 1 is 1.22 bits per heavy atom. The van der Waals surface area contributed by atoms with Crippen LogP contribution in [0.3, 0.4) is 0 Å². The van der Waals surface area contributed by atoms with Gasteiger partial charge in [-0.15, -0.1) is 6.58 Å². The molecular formula is C32H50N2O3. The lowest BCUT2D eigenvalue weighted by atomic mass is 9.47. The lowest BCUT2D eigenvalue weighted by Crippen LogP contribution is -2.50. The van der Waals surface area contributed by atoms with Gasteiger partial charge in [-0.25, -0.2) is 5.06 Å². The van der Waals surface area contributed by atoms with Crippen LogP contribution in [-0.2, 0) is 9.63 Å². The van der Waals surface area contributed by atoms with Crippen molar-refractivity contribution in [1.29, 1.82) is 0 Å². The summed E-state index contributed by atoms with van der Waals surface area (Å²) in [6.07, 6.45) is 15.6. The third-order valence-electron chi connectivity index (χ3n) is 12.5. The average molecular weight is 511 g/mol. The first-order valence-electron chi connectivity index (χ1n) is 15.4. The normalized spacial score (nSPS) is 46.0. The Labute approximate surface area is 224 Å². The van der Waals surface area contributed by atoms with Gasteiger partial charge < -0.3 is 5.11 Å². The van der Waals surface area contributed by atoms with Gasteiger partial charge in [0.15, 0.2) is 0 Å². The van der Waals surface area contributed by atoms with E-state index in [9.17, 15) is 9.90 Å². The zero-order valence-electron chi connectivity index (χ0n) is 23.5. The second kappa shape index (κ2) is 9.78. The van der Waals surface area contributed by atoms with Crippen molar-refractivity contribution >= 4 is 5.91 Å². The SMILES string of the molecule is C=CCN1C[C@H]2CON(C(=O)CC[C@@H](C)[C@H]3CC[C@H]4[C@@H]5CC=C6C[C@@H](O)CC[C@]6(C)[C@H]5CC[C@]34C)[C@H]2C1. The van der Waals surface area contributed by atoms with Crippen molar-refractivity contribution in [3.8, 4) is 0 Å². The van der Waals surface area contributed by atoms with Gasteiger partial charge in [0.25, 0.3) is 0 Å². The molecule has 0 radical (unpaired) electrons. The van der Waals surface area contributed by atoms with Crippen molar-refractivity contribution in [2.24, 2.45) is 46.3 Å². The van der Waals surface area contributed by atoms with Crippen molar-refractivity contribution < 1.29 is 14.7 Å². The van der Waals surface area contributed by atoms with Gasteiger partial charge in [-0.2, -0.15) is 0 Å². The van der Waals surface area contributed by atoms with Crippen LogP contribution >= 0.6 is 0 Å². The minimum atomic E-state index is -0.124. The van der Waals surface area contributed by atoms with Crippen LogP contribution in [-0.4, -0.2) is 59.4 Å². The second-order valence-corrected chi connectivity index (χ2v) is 14.3. The molecule has 6 rings (SSSR count). The summed E-state index contributed by atoms with van der Waals surface area (Å²) < 4.78 is 0. The number of allylic oxidation sites excluding steroid dienone is 1. The van der Waals surface area contributed by atoms with Gasteiger partial charge in [0.1, 0.15) is 0 Å². The summed E-state index contributed by atoms with van der Waals surface area (Å²) in [5, 5.41) is 12.0. The average Bonchev–Trinajstić information content (AvgIpc) is 3.55. The molecule has 5 heteroatoms. The molecule has 10 atom stereocenters. The number of hydrogen-bond donors (Lipinski definition) is 1. The third kappa shape index (κ3) is 4.26. The molecule has 5 fully saturated rings. The van der Waals surface area contributed by atoms with E-state index in [0.717, 1.165) is 69.0 Å². The molecule has 6 aliphatic rings. The number of likely N-dealkylation sites (tertiary alicyclic amines) is 1. The van der Waals surface area contributed by atoms with Crippen LogP contribution in [0.5, 0.6) is 0 Å². The fourth-order valence-corrected chi connectivity index (χ4v) is 10.5. The maximum atomic E-state index is 13.3. The minimum absolute atomic E-state index is 0.124. The Kier molecular flexibility index (Phi) is 6.89. The highest BCUT2D eigenvalue weighted by Gasteiger charge is 2.59. The van der Waals surface area contributed by atoms with Gasteiger partial charge in [-0.1, -0.05) is 38.5 Å². The van der Waals surface area contributed by atoms with Gasteiger partial charge in [0, 0.05) is 32.0 Å². The molecule has 1 amide bonds. The molecule has 0 aromatic rings. The molecule has 0 spiro atoms. The zero-order valence-corrected chi connectivity index (χ0v) is 23.5. The fourth-order valence-electron chi connectivity index (χ4n) is 10.5. The van der Waals surface area contributed by atoms with E-state index in [1.807, 2.05) is 6.08 Å². The predicted octanol–water partition coefficient (Wildman–Crippen LogP) is 5.60. The highest BCUT2D eigenvalue weighted by Crippen LogP contribution is 2.67. The molecule has 2 aliphatic heterocycles. The number of hydrogen-bond acceptors (Lipinski definition) is 4. The van der Waals surface area contributed by atoms with E-state index in [-0.39, 0.29) is 18.1 Å². The first-order valence-corrected chi connectivity index (χ1v) is 15.4. The number of rotatable bonds is 6. The first kappa shape index (κ1) is 26.1. The third-order valence-corrected chi connectivity index (χ3v) is 12.5. The number of aliphatic hydroxyl groups is 1. The fraction of sp³-hybridized carbons (Fsp3) is 0.844. The van der Waals surface area contributed by atoms with Crippen LogP contribution in [0.15, 0.2) is 24.3 Å². The number of nitrogens with zero attached hydrogens (tertiary/aromatic N) is 2. The summed E-state index contributed by atoms with van der Waals surface area (Å²) >= 11 is 0. The van der Waals surface area contributed by atoms with Crippen molar-refractivity contribution in [1.82, 2.24) is 9.96 Å². The van der Waals surface area contributed by atoms with E-state index >= 15 is 0 Å². The number of carbonyl (C=O) groups is 1. The quantitative estimate of drug-likeness (QED) is 0.473. The molecule has 0 bridgehead atoms. The highest BCUT2D eigenvalue weighted by molar-refractivity contribution is 5.75. The van der Waals surface area contributed by atoms with E-state index in [2.05, 4.69) is 38.3 Å². The largest absolute Gasteiger partial charge is 0.393 e. The Morgan fingerprint density at radius 3 is 2.86 bits per heavy atom. The van der Waals surface area contributed by atoms with Crippen LogP contribution in [0.2, 0.25) is 0 Å². The highest BCUT2D eigenvalue weighted by atomic mass is 16.7. The van der Waals surface area contributed by atoms with Gasteiger partial charge in [-0.3, -0.25) is 14.5 Å². The van der Waals surface area contributed by atoms with E-state index in [4.69, 9.17) is 4.84 Å². The standard InChI is InChI=1S/C32H50N2O3/c1-5-16-33-18-22-20-37-34(29(22)19-33)30(36)11-6-21(2)26-9-10-27-25-8-7-23-17-24(35)12-14-31(23,3)28(25)13-15-32(26,27)4/h5,7,21-22,24-29,35H,1,6,8-20H2,2-4H3/t21-,22+,24+,25+,26-,27+,28+,29+,31+,32-/m1/s1. The summed E-state index contributed by atoms with van der Waals surface area (Å²) in [4.78, 5) is 21.5. The molecule has 0 unspecified atom stereocenters. The van der Waals surface area contributed by atoms with Crippen LogP contribution in [0, 0.1) is 46.3 Å². The number of aliphatic hydroxyl groups excluding tert-OH is 1. The Morgan fingerprint density at radius 2 is 2.05 bits per heavy atom. The molecular weight excluding hydrogens is 460 g/mol. The van der Waals surface area contributed by atoms with E-state index < -0.39 is 0 Å². The van der Waals surface area contributed by atoms with E-state index in [1.165, 1.54) is 32.1 Å². The molecule has 206 valence electrons. The number of carbonyl (C=O) groups excluding carboxylic acids is 1. The molecule has 5 nitrogen and oxygen atoms in total. The Hall–Kier alpha value is -1.17. The minimum Gasteiger partial charge on any atom is -0.393 e. The van der Waals surface area contributed by atoms with Crippen molar-refractivity contribution in [2.45, 2.75) is 97.1 Å². The topological polar surface area (TPSA) is 53.0 Å². The lowest BCUT2D eigenvalue weighted by molar-refractivity contribution is -0.177. The summed E-state index contributed by atoms with van der Waals surface area (Å²) in [6, 6.07) is 0.220. The summed E-state index contributed by atoms with van der Waals surface area (Å²) in [5.74, 6) is 4.35. The molecule has 0 aromatic heterocycles. The van der Waals surface area contributed by atoms with Crippen LogP contribution in [0.4, 0.5) is 0 Å². The number of amides is 1. The second-order valence-electron chi connectivity index (χ2n) is 14.3. The van der Waals surface area contributed by atoms with Gasteiger partial charge >= 0.3 is 0 Å². The summed E-state index contributed by atoms with van der Waals surface area (Å²) in [5.41, 5.74) is 2.29.